The molecule has 0 aliphatic heterocycles. The maximum Gasteiger partial charge on any atom is 0.419 e. The summed E-state index contributed by atoms with van der Waals surface area (Å²) in [5.41, 5.74) is -0.481. The maximum absolute atomic E-state index is 13.7. The fourth-order valence-corrected chi connectivity index (χ4v) is 2.29. The van der Waals surface area contributed by atoms with Gasteiger partial charge in [0.25, 0.3) is 5.91 Å². The number of para-hydroxylation sites is 1. The Morgan fingerprint density at radius 3 is 2.46 bits per heavy atom. The second kappa shape index (κ2) is 8.07. The van der Waals surface area contributed by atoms with E-state index in [1.165, 1.54) is 31.4 Å². The number of ether oxygens (including phenoxy) is 2. The third kappa shape index (κ3) is 4.87. The second-order valence-electron chi connectivity index (χ2n) is 5.47. The van der Waals surface area contributed by atoms with Crippen LogP contribution in [0.15, 0.2) is 42.5 Å². The second-order valence-corrected chi connectivity index (χ2v) is 5.47. The first-order valence-corrected chi connectivity index (χ1v) is 7.64. The molecule has 26 heavy (non-hydrogen) atoms. The number of halogens is 4. The Morgan fingerprint density at radius 2 is 1.85 bits per heavy atom. The lowest BCUT2D eigenvalue weighted by Crippen LogP contribution is -2.31. The van der Waals surface area contributed by atoms with Gasteiger partial charge in [0.15, 0.2) is 18.2 Å². The van der Waals surface area contributed by atoms with E-state index < -0.39 is 41.9 Å². The standard InChI is InChI=1S/C18H17F4NO3/c1-11(12-7-8-16(25-2)14(19)9-12)23-17(24)10-26-15-6-4-3-5-13(15)18(20,21)22/h3-9,11H,10H2,1-2H3,(H,23,24)/t11-/m1/s1. The smallest absolute Gasteiger partial charge is 0.419 e. The van der Waals surface area contributed by atoms with Crippen LogP contribution in [0.5, 0.6) is 11.5 Å². The number of hydrogen-bond donors (Lipinski definition) is 1. The van der Waals surface area contributed by atoms with E-state index in [4.69, 9.17) is 9.47 Å². The van der Waals surface area contributed by atoms with Crippen LogP contribution in [-0.2, 0) is 11.0 Å². The van der Waals surface area contributed by atoms with Gasteiger partial charge in [-0.05, 0) is 36.8 Å². The highest BCUT2D eigenvalue weighted by molar-refractivity contribution is 5.78. The van der Waals surface area contributed by atoms with Crippen molar-refractivity contribution < 1.29 is 31.8 Å². The van der Waals surface area contributed by atoms with Gasteiger partial charge in [-0.3, -0.25) is 4.79 Å². The lowest BCUT2D eigenvalue weighted by molar-refractivity contribution is -0.139. The van der Waals surface area contributed by atoms with E-state index in [2.05, 4.69) is 5.32 Å². The molecule has 0 bridgehead atoms. The molecule has 0 aliphatic rings. The summed E-state index contributed by atoms with van der Waals surface area (Å²) in [6, 6.07) is 8.26. The van der Waals surface area contributed by atoms with Gasteiger partial charge >= 0.3 is 6.18 Å². The Bertz CT molecular complexity index is 777. The van der Waals surface area contributed by atoms with Crippen molar-refractivity contribution in [2.75, 3.05) is 13.7 Å². The normalized spacial score (nSPS) is 12.4. The molecule has 0 heterocycles. The van der Waals surface area contributed by atoms with E-state index in [1.807, 2.05) is 0 Å². The Morgan fingerprint density at radius 1 is 1.15 bits per heavy atom. The molecule has 2 aromatic carbocycles. The van der Waals surface area contributed by atoms with Crippen molar-refractivity contribution in [3.05, 3.63) is 59.4 Å². The van der Waals surface area contributed by atoms with E-state index in [1.54, 1.807) is 13.0 Å². The minimum absolute atomic E-state index is 0.0689. The molecule has 0 fully saturated rings. The molecule has 8 heteroatoms. The van der Waals surface area contributed by atoms with Crippen molar-refractivity contribution in [3.8, 4) is 11.5 Å². The molecule has 1 atom stereocenters. The van der Waals surface area contributed by atoms with Gasteiger partial charge in [-0.25, -0.2) is 4.39 Å². The average Bonchev–Trinajstić information content (AvgIpc) is 2.59. The minimum atomic E-state index is -4.58. The van der Waals surface area contributed by atoms with Crippen molar-refractivity contribution in [2.24, 2.45) is 0 Å². The van der Waals surface area contributed by atoms with Crippen LogP contribution in [0.25, 0.3) is 0 Å². The predicted octanol–water partition coefficient (Wildman–Crippen LogP) is 4.11. The zero-order valence-corrected chi connectivity index (χ0v) is 14.1. The summed E-state index contributed by atoms with van der Waals surface area (Å²) >= 11 is 0. The molecular formula is C18H17F4NO3. The first-order chi connectivity index (χ1) is 12.2. The summed E-state index contributed by atoms with van der Waals surface area (Å²) in [5, 5.41) is 2.54. The van der Waals surface area contributed by atoms with Crippen LogP contribution in [0.2, 0.25) is 0 Å². The van der Waals surface area contributed by atoms with E-state index in [0.717, 1.165) is 12.1 Å². The molecule has 0 radical (unpaired) electrons. The molecular weight excluding hydrogens is 354 g/mol. The molecule has 1 N–H and O–H groups in total. The minimum Gasteiger partial charge on any atom is -0.494 e. The Hall–Kier alpha value is -2.77. The molecule has 2 rings (SSSR count). The molecule has 0 aromatic heterocycles. The third-order valence-electron chi connectivity index (χ3n) is 3.60. The maximum atomic E-state index is 13.7. The van der Waals surface area contributed by atoms with Gasteiger partial charge < -0.3 is 14.8 Å². The van der Waals surface area contributed by atoms with Gasteiger partial charge in [-0.15, -0.1) is 0 Å². The lowest BCUT2D eigenvalue weighted by Gasteiger charge is -2.17. The SMILES string of the molecule is COc1ccc([C@@H](C)NC(=O)COc2ccccc2C(F)(F)F)cc1F. The molecule has 4 nitrogen and oxygen atoms in total. The summed E-state index contributed by atoms with van der Waals surface area (Å²) in [4.78, 5) is 11.9. The monoisotopic (exact) mass is 371 g/mol. The lowest BCUT2D eigenvalue weighted by atomic mass is 10.1. The van der Waals surface area contributed by atoms with E-state index in [-0.39, 0.29) is 5.75 Å². The molecule has 2 aromatic rings. The van der Waals surface area contributed by atoms with Crippen LogP contribution in [-0.4, -0.2) is 19.6 Å². The van der Waals surface area contributed by atoms with Crippen molar-refractivity contribution in [1.82, 2.24) is 5.32 Å². The van der Waals surface area contributed by atoms with Crippen LogP contribution in [0, 0.1) is 5.82 Å². The molecule has 1 amide bonds. The molecule has 0 aliphatic carbocycles. The quantitative estimate of drug-likeness (QED) is 0.778. The number of hydrogen-bond acceptors (Lipinski definition) is 3. The molecule has 0 spiro atoms. The van der Waals surface area contributed by atoms with Crippen molar-refractivity contribution in [3.63, 3.8) is 0 Å². The third-order valence-corrected chi connectivity index (χ3v) is 3.60. The molecule has 140 valence electrons. The highest BCUT2D eigenvalue weighted by Gasteiger charge is 2.34. The summed E-state index contributed by atoms with van der Waals surface area (Å²) < 4.78 is 62.1. The molecule has 0 saturated carbocycles. The number of methoxy groups -OCH3 is 1. The Balaban J connectivity index is 1.98. The Labute approximate surface area is 147 Å². The average molecular weight is 371 g/mol. The van der Waals surface area contributed by atoms with Crippen molar-refractivity contribution in [2.45, 2.75) is 19.1 Å². The highest BCUT2D eigenvalue weighted by atomic mass is 19.4. The zero-order chi connectivity index (χ0) is 19.3. The topological polar surface area (TPSA) is 47.6 Å². The largest absolute Gasteiger partial charge is 0.494 e. The fourth-order valence-electron chi connectivity index (χ4n) is 2.29. The van der Waals surface area contributed by atoms with Gasteiger partial charge in [0.2, 0.25) is 0 Å². The van der Waals surface area contributed by atoms with Gasteiger partial charge in [-0.1, -0.05) is 18.2 Å². The van der Waals surface area contributed by atoms with Gasteiger partial charge in [0.1, 0.15) is 5.75 Å². The molecule has 0 unspecified atom stereocenters. The highest BCUT2D eigenvalue weighted by Crippen LogP contribution is 2.35. The first-order valence-electron chi connectivity index (χ1n) is 7.64. The number of carbonyl (C=O) groups is 1. The fraction of sp³-hybridized carbons (Fsp3) is 0.278. The number of rotatable bonds is 6. The summed E-state index contributed by atoms with van der Waals surface area (Å²) in [6.45, 7) is 1.01. The van der Waals surface area contributed by atoms with Crippen LogP contribution >= 0.6 is 0 Å². The zero-order valence-electron chi connectivity index (χ0n) is 14.1. The van der Waals surface area contributed by atoms with E-state index in [0.29, 0.717) is 5.56 Å². The predicted molar refractivity (Wildman–Crippen MR) is 86.4 cm³/mol. The van der Waals surface area contributed by atoms with Gasteiger partial charge in [0.05, 0.1) is 18.7 Å². The van der Waals surface area contributed by atoms with E-state index >= 15 is 0 Å². The first kappa shape index (κ1) is 19.6. The van der Waals surface area contributed by atoms with Crippen LogP contribution in [0.1, 0.15) is 24.1 Å². The summed E-state index contributed by atoms with van der Waals surface area (Å²) in [5.74, 6) is -1.58. The number of amides is 1. The van der Waals surface area contributed by atoms with E-state index in [9.17, 15) is 22.4 Å². The number of alkyl halides is 3. The Kier molecular flexibility index (Phi) is 6.07. The van der Waals surface area contributed by atoms with Crippen molar-refractivity contribution >= 4 is 5.91 Å². The van der Waals surface area contributed by atoms with Gasteiger partial charge in [0, 0.05) is 0 Å². The van der Waals surface area contributed by atoms with Crippen LogP contribution in [0.4, 0.5) is 17.6 Å². The number of carbonyl (C=O) groups excluding carboxylic acids is 1. The number of nitrogens with one attached hydrogen (secondary N) is 1. The summed E-state index contributed by atoms with van der Waals surface area (Å²) in [6.07, 6.45) is -4.58. The molecule has 0 saturated heterocycles. The van der Waals surface area contributed by atoms with Crippen LogP contribution < -0.4 is 14.8 Å². The summed E-state index contributed by atoms with van der Waals surface area (Å²) in [7, 11) is 1.33. The number of benzene rings is 2. The van der Waals surface area contributed by atoms with Crippen molar-refractivity contribution in [1.29, 1.82) is 0 Å². The van der Waals surface area contributed by atoms with Gasteiger partial charge in [-0.2, -0.15) is 13.2 Å². The van der Waals surface area contributed by atoms with Crippen LogP contribution in [0.3, 0.4) is 0 Å².